The normalized spacial score (nSPS) is 11.9. The molecule has 0 radical (unpaired) electrons. The second-order valence-corrected chi connectivity index (χ2v) is 7.73. The fourth-order valence-electron chi connectivity index (χ4n) is 3.43. The van der Waals surface area contributed by atoms with Gasteiger partial charge in [-0.2, -0.15) is 0 Å². The largest absolute Gasteiger partial charge is 0.624 e. The Labute approximate surface area is 169 Å². The van der Waals surface area contributed by atoms with Crippen LogP contribution in [0, 0.1) is 5.21 Å². The van der Waals surface area contributed by atoms with E-state index in [1.165, 1.54) is 62.8 Å². The highest BCUT2D eigenvalue weighted by atomic mass is 16.5. The Kier molecular flexibility index (Phi) is 12.3. The van der Waals surface area contributed by atoms with Crippen LogP contribution in [-0.4, -0.2) is 27.1 Å². The van der Waals surface area contributed by atoms with Crippen LogP contribution < -0.4 is 11.2 Å². The van der Waals surface area contributed by atoms with Crippen molar-refractivity contribution in [1.29, 1.82) is 0 Å². The van der Waals surface area contributed by atoms with Gasteiger partial charge in [0.1, 0.15) is 12.6 Å². The number of aryl methyl sites for hydroxylation is 1. The molecule has 0 fully saturated rings. The summed E-state index contributed by atoms with van der Waals surface area (Å²) in [6.45, 7) is 5.38. The summed E-state index contributed by atoms with van der Waals surface area (Å²) in [5, 5.41) is 11.4. The third kappa shape index (κ3) is 8.89. The monoisotopic (exact) mass is 393 g/mol. The van der Waals surface area contributed by atoms with Crippen LogP contribution in [0.5, 0.6) is 0 Å². The molecule has 6 nitrogen and oxygen atoms in total. The topological polar surface area (TPSA) is 70.1 Å². The molecule has 1 aromatic heterocycles. The predicted molar refractivity (Wildman–Crippen MR) is 116 cm³/mol. The van der Waals surface area contributed by atoms with Gasteiger partial charge in [0.25, 0.3) is 5.56 Å². The fourth-order valence-corrected chi connectivity index (χ4v) is 3.43. The maximum Gasteiger partial charge on any atom is 0.330 e. The van der Waals surface area contributed by atoms with Crippen molar-refractivity contribution in [3.8, 4) is 0 Å². The summed E-state index contributed by atoms with van der Waals surface area (Å²) < 4.78 is 3.53. The average Bonchev–Trinajstić information content (AvgIpc) is 2.66. The van der Waals surface area contributed by atoms with Crippen LogP contribution in [0.4, 0.5) is 0 Å². The number of nitrogens with zero attached hydrogens (tertiary/aromatic N) is 3. The van der Waals surface area contributed by atoms with Gasteiger partial charge < -0.3 is 5.21 Å². The van der Waals surface area contributed by atoms with Crippen LogP contribution in [0.1, 0.15) is 96.5 Å². The highest BCUT2D eigenvalue weighted by Gasteiger charge is 2.12. The number of hydrogen-bond acceptors (Lipinski definition) is 3. The lowest BCUT2D eigenvalue weighted by atomic mass is 10.1. The molecule has 0 bridgehead atoms. The lowest BCUT2D eigenvalue weighted by Gasteiger charge is -2.12. The molecule has 1 heterocycles. The van der Waals surface area contributed by atoms with Crippen LogP contribution in [0.2, 0.25) is 0 Å². The molecule has 28 heavy (non-hydrogen) atoms. The Hall–Kier alpha value is -1.85. The molecule has 1 aromatic rings. The Bertz CT molecular complexity index is 700. The quantitative estimate of drug-likeness (QED) is 0.147. The van der Waals surface area contributed by atoms with E-state index in [2.05, 4.69) is 13.8 Å². The fraction of sp³-hybridized carbons (Fsp3) is 0.773. The first-order valence-corrected chi connectivity index (χ1v) is 11.1. The van der Waals surface area contributed by atoms with Gasteiger partial charge in [0.2, 0.25) is 0 Å². The molecule has 0 atom stereocenters. The van der Waals surface area contributed by atoms with Gasteiger partial charge in [-0.1, -0.05) is 78.1 Å². The van der Waals surface area contributed by atoms with Crippen molar-refractivity contribution < 1.29 is 4.74 Å². The van der Waals surface area contributed by atoms with Crippen LogP contribution >= 0.6 is 0 Å². The minimum absolute atomic E-state index is 0.252. The number of aromatic nitrogens is 2. The van der Waals surface area contributed by atoms with Gasteiger partial charge in [0.15, 0.2) is 6.21 Å². The number of hydrogen-bond donors (Lipinski definition) is 0. The summed E-state index contributed by atoms with van der Waals surface area (Å²) in [5.74, 6) is 0. The Morgan fingerprint density at radius 2 is 1.36 bits per heavy atom. The van der Waals surface area contributed by atoms with Gasteiger partial charge >= 0.3 is 5.69 Å². The summed E-state index contributed by atoms with van der Waals surface area (Å²) in [5.41, 5.74) is -0.327. The van der Waals surface area contributed by atoms with E-state index in [0.29, 0.717) is 17.8 Å². The molecule has 0 N–H and O–H groups in total. The van der Waals surface area contributed by atoms with Gasteiger partial charge in [-0.25, -0.2) is 9.53 Å². The summed E-state index contributed by atoms with van der Waals surface area (Å²) in [6, 6.07) is 0. The molecule has 0 aromatic carbocycles. The van der Waals surface area contributed by atoms with Crippen LogP contribution in [0.25, 0.3) is 0 Å². The van der Waals surface area contributed by atoms with Crippen LogP contribution in [0.3, 0.4) is 0 Å². The molecule has 0 aliphatic heterocycles. The number of hydroxylamine groups is 1. The summed E-state index contributed by atoms with van der Waals surface area (Å²) in [7, 11) is 1.35. The van der Waals surface area contributed by atoms with E-state index >= 15 is 0 Å². The zero-order valence-corrected chi connectivity index (χ0v) is 18.1. The molecule has 0 unspecified atom stereocenters. The first-order valence-electron chi connectivity index (χ1n) is 11.1. The maximum atomic E-state index is 12.8. The lowest BCUT2D eigenvalue weighted by Crippen LogP contribution is -2.41. The summed E-state index contributed by atoms with van der Waals surface area (Å²) in [6.07, 6.45) is 16.2. The Balaban J connectivity index is 2.83. The SMILES string of the molecule is CCCCCCCCn1cc(/C=[N+](/C)[O-])c(=O)n(CCCCCCCC)c1=O. The molecule has 0 amide bonds. The molecule has 0 saturated carbocycles. The first-order chi connectivity index (χ1) is 13.5. The maximum absolute atomic E-state index is 12.8. The average molecular weight is 394 g/mol. The summed E-state index contributed by atoms with van der Waals surface area (Å²) >= 11 is 0. The Morgan fingerprint density at radius 1 is 0.857 bits per heavy atom. The molecule has 0 aliphatic rings. The molecule has 160 valence electrons. The van der Waals surface area contributed by atoms with Crippen molar-refractivity contribution in [2.24, 2.45) is 0 Å². The minimum Gasteiger partial charge on any atom is -0.624 e. The third-order valence-corrected chi connectivity index (χ3v) is 5.07. The minimum atomic E-state index is -0.361. The highest BCUT2D eigenvalue weighted by molar-refractivity contribution is 5.74. The second kappa shape index (κ2) is 14.2. The van der Waals surface area contributed by atoms with Crippen LogP contribution in [-0.2, 0) is 13.1 Å². The van der Waals surface area contributed by atoms with Crippen LogP contribution in [0.15, 0.2) is 15.8 Å². The Morgan fingerprint density at radius 3 is 1.89 bits per heavy atom. The van der Waals surface area contributed by atoms with E-state index in [9.17, 15) is 14.8 Å². The van der Waals surface area contributed by atoms with Crippen molar-refractivity contribution in [1.82, 2.24) is 9.13 Å². The van der Waals surface area contributed by atoms with Crippen molar-refractivity contribution in [3.05, 3.63) is 37.8 Å². The van der Waals surface area contributed by atoms with Gasteiger partial charge in [-0.3, -0.25) is 13.9 Å². The molecule has 1 rings (SSSR count). The van der Waals surface area contributed by atoms with Gasteiger partial charge in [-0.05, 0) is 12.8 Å². The zero-order valence-electron chi connectivity index (χ0n) is 18.1. The van der Waals surface area contributed by atoms with E-state index in [1.807, 2.05) is 0 Å². The second-order valence-electron chi connectivity index (χ2n) is 7.73. The molecular formula is C22H39N3O3. The number of unbranched alkanes of at least 4 members (excludes halogenated alkanes) is 10. The van der Waals surface area contributed by atoms with Gasteiger partial charge in [0.05, 0.1) is 0 Å². The molecule has 6 heteroatoms. The molecule has 0 spiro atoms. The van der Waals surface area contributed by atoms with Crippen molar-refractivity contribution in [2.45, 2.75) is 104 Å². The molecule has 0 saturated heterocycles. The van der Waals surface area contributed by atoms with E-state index in [-0.39, 0.29) is 16.8 Å². The lowest BCUT2D eigenvalue weighted by molar-refractivity contribution is -0.416. The number of rotatable bonds is 15. The smallest absolute Gasteiger partial charge is 0.330 e. The predicted octanol–water partition coefficient (Wildman–Crippen LogP) is 4.29. The van der Waals surface area contributed by atoms with Gasteiger partial charge in [-0.15, -0.1) is 0 Å². The molecular weight excluding hydrogens is 354 g/mol. The zero-order chi connectivity index (χ0) is 20.8. The van der Waals surface area contributed by atoms with Crippen molar-refractivity contribution in [2.75, 3.05) is 7.05 Å². The van der Waals surface area contributed by atoms with E-state index in [0.717, 1.165) is 32.1 Å². The standard InChI is InChI=1S/C22H39N3O3/c1-4-6-8-10-12-14-16-24-19-20(18-23(3)28)21(26)25(22(24)27)17-15-13-11-9-7-5-2/h18-19H,4-17H2,1-3H3/b23-18-. The first kappa shape index (κ1) is 24.2. The van der Waals surface area contributed by atoms with Gasteiger partial charge in [0, 0.05) is 19.3 Å². The van der Waals surface area contributed by atoms with Crippen molar-refractivity contribution in [3.63, 3.8) is 0 Å². The highest BCUT2D eigenvalue weighted by Crippen LogP contribution is 2.07. The van der Waals surface area contributed by atoms with Crippen molar-refractivity contribution >= 4 is 6.21 Å². The third-order valence-electron chi connectivity index (χ3n) is 5.07. The summed E-state index contributed by atoms with van der Waals surface area (Å²) in [4.78, 5) is 25.4. The van der Waals surface area contributed by atoms with E-state index in [1.54, 1.807) is 10.8 Å². The van der Waals surface area contributed by atoms with E-state index in [4.69, 9.17) is 0 Å². The van der Waals surface area contributed by atoms with E-state index < -0.39 is 0 Å². The molecule has 0 aliphatic carbocycles.